The minimum atomic E-state index is -3.84. The molecule has 2 aromatic rings. The van der Waals surface area contributed by atoms with Crippen LogP contribution in [0.1, 0.15) is 5.56 Å². The Balaban J connectivity index is 1.72. The molecule has 1 fully saturated rings. The predicted octanol–water partition coefficient (Wildman–Crippen LogP) is 3.78. The Morgan fingerprint density at radius 2 is 1.90 bits per heavy atom. The van der Waals surface area contributed by atoms with Gasteiger partial charge in [-0.25, -0.2) is 13.8 Å². The van der Waals surface area contributed by atoms with Crippen LogP contribution >= 0.6 is 55.2 Å². The number of hydrazone groups is 1. The van der Waals surface area contributed by atoms with Gasteiger partial charge in [0, 0.05) is 17.3 Å². The summed E-state index contributed by atoms with van der Waals surface area (Å²) in [5.41, 5.74) is 3.00. The predicted molar refractivity (Wildman–Crippen MR) is 121 cm³/mol. The third kappa shape index (κ3) is 5.15. The Bertz CT molecular complexity index is 1040. The number of thioether (sulfide) groups is 1. The molecule has 7 nitrogen and oxygen atoms in total. The molecule has 1 atom stereocenters. The summed E-state index contributed by atoms with van der Waals surface area (Å²) in [6, 6.07) is 9.05. The van der Waals surface area contributed by atoms with Crippen LogP contribution in [0.5, 0.6) is 5.75 Å². The largest absolute Gasteiger partial charge is 0.506 e. The van der Waals surface area contributed by atoms with E-state index in [1.807, 2.05) is 0 Å². The summed E-state index contributed by atoms with van der Waals surface area (Å²) in [5, 5.41) is 13.1. The second kappa shape index (κ2) is 9.36. The van der Waals surface area contributed by atoms with E-state index in [1.165, 1.54) is 42.2 Å². The first kappa shape index (κ1) is 22.6. The van der Waals surface area contributed by atoms with Gasteiger partial charge >= 0.3 is 0 Å². The number of aromatic hydroxyl groups is 1. The summed E-state index contributed by atoms with van der Waals surface area (Å²) in [5.74, 6) is 0.00160. The van der Waals surface area contributed by atoms with Crippen LogP contribution in [-0.4, -0.2) is 47.6 Å². The lowest BCUT2D eigenvalue weighted by atomic mass is 10.2. The number of benzene rings is 2. The molecule has 0 bridgehead atoms. The molecule has 1 unspecified atom stereocenters. The molecule has 154 valence electrons. The number of amides is 1. The molecule has 1 heterocycles. The van der Waals surface area contributed by atoms with E-state index in [-0.39, 0.29) is 17.2 Å². The van der Waals surface area contributed by atoms with Crippen molar-refractivity contribution in [3.8, 4) is 5.75 Å². The fraction of sp³-hybridized carbons (Fsp3) is 0.176. The Labute approximate surface area is 193 Å². The number of nitrogens with zero attached hydrogens (tertiary/aromatic N) is 2. The summed E-state index contributed by atoms with van der Waals surface area (Å²) >= 11 is 13.5. The van der Waals surface area contributed by atoms with Gasteiger partial charge in [0.1, 0.15) is 5.75 Å². The minimum Gasteiger partial charge on any atom is -0.506 e. The molecule has 1 aliphatic rings. The maximum absolute atomic E-state index is 12.9. The molecular weight excluding hydrogens is 570 g/mol. The topological polar surface area (TPSA) is 99.1 Å². The Morgan fingerprint density at radius 3 is 2.52 bits per heavy atom. The first-order chi connectivity index (χ1) is 13.7. The van der Waals surface area contributed by atoms with Gasteiger partial charge in [0.25, 0.3) is 5.91 Å². The summed E-state index contributed by atoms with van der Waals surface area (Å²) in [4.78, 5) is 12.6. The highest BCUT2D eigenvalue weighted by Gasteiger charge is 2.40. The van der Waals surface area contributed by atoms with Gasteiger partial charge in [-0.3, -0.25) is 4.79 Å². The van der Waals surface area contributed by atoms with E-state index in [9.17, 15) is 18.3 Å². The highest BCUT2D eigenvalue weighted by molar-refractivity contribution is 9.11. The molecule has 1 amide bonds. The second-order valence-corrected chi connectivity index (χ2v) is 11.1. The van der Waals surface area contributed by atoms with Crippen LogP contribution in [-0.2, 0) is 14.8 Å². The smallest absolute Gasteiger partial charge is 0.268 e. The van der Waals surface area contributed by atoms with Gasteiger partial charge in [-0.2, -0.15) is 9.41 Å². The normalized spacial score (nSPS) is 17.7. The first-order valence-corrected chi connectivity index (χ1v) is 12.6. The quantitative estimate of drug-likeness (QED) is 0.413. The van der Waals surface area contributed by atoms with Crippen LogP contribution in [0.25, 0.3) is 0 Å². The van der Waals surface area contributed by atoms with Gasteiger partial charge in [0.15, 0.2) is 5.37 Å². The maximum atomic E-state index is 12.9. The van der Waals surface area contributed by atoms with Crippen molar-refractivity contribution in [1.82, 2.24) is 9.73 Å². The number of rotatable bonds is 5. The van der Waals surface area contributed by atoms with Crippen LogP contribution < -0.4 is 5.43 Å². The minimum absolute atomic E-state index is 0.0524. The van der Waals surface area contributed by atoms with Gasteiger partial charge < -0.3 is 5.11 Å². The zero-order chi connectivity index (χ0) is 21.2. The monoisotopic (exact) mass is 581 g/mol. The lowest BCUT2D eigenvalue weighted by Gasteiger charge is -2.21. The number of hydrogen-bond acceptors (Lipinski definition) is 6. The molecule has 1 saturated heterocycles. The molecule has 1 aliphatic heterocycles. The van der Waals surface area contributed by atoms with E-state index < -0.39 is 21.3 Å². The third-order valence-corrected chi connectivity index (χ3v) is 8.60. The van der Waals surface area contributed by atoms with Crippen LogP contribution in [0.2, 0.25) is 5.02 Å². The van der Waals surface area contributed by atoms with Crippen molar-refractivity contribution in [2.45, 2.75) is 10.3 Å². The highest BCUT2D eigenvalue weighted by Crippen LogP contribution is 2.33. The molecule has 0 radical (unpaired) electrons. The van der Waals surface area contributed by atoms with Crippen LogP contribution in [0.4, 0.5) is 0 Å². The van der Waals surface area contributed by atoms with E-state index in [4.69, 9.17) is 11.6 Å². The fourth-order valence-electron chi connectivity index (χ4n) is 2.53. The number of carbonyl (C=O) groups is 1. The Hall–Kier alpha value is -1.11. The summed E-state index contributed by atoms with van der Waals surface area (Å²) in [6.45, 7) is 0.218. The molecule has 0 aliphatic carbocycles. The van der Waals surface area contributed by atoms with Crippen molar-refractivity contribution in [2.24, 2.45) is 5.10 Å². The number of halogens is 3. The number of phenolic OH excluding ortho intramolecular Hbond substituents is 1. The van der Waals surface area contributed by atoms with E-state index in [0.717, 1.165) is 4.31 Å². The number of carbonyl (C=O) groups excluding carboxylic acids is 1. The lowest BCUT2D eigenvalue weighted by Crippen LogP contribution is -2.43. The Kier molecular flexibility index (Phi) is 7.28. The van der Waals surface area contributed by atoms with Crippen LogP contribution in [0, 0.1) is 0 Å². The molecule has 12 heteroatoms. The zero-order valence-electron chi connectivity index (χ0n) is 14.5. The van der Waals surface area contributed by atoms with Gasteiger partial charge in [-0.05, 0) is 73.8 Å². The molecule has 3 rings (SSSR count). The van der Waals surface area contributed by atoms with Crippen molar-refractivity contribution in [2.75, 3.05) is 12.3 Å². The molecule has 2 aromatic carbocycles. The SMILES string of the molecule is O=C(NN=Cc1cc(Br)c(O)c(Br)c1)C1SCCN1S(=O)(=O)c1ccc(Cl)cc1. The van der Waals surface area contributed by atoms with E-state index in [2.05, 4.69) is 42.4 Å². The molecule has 2 N–H and O–H groups in total. The molecule has 0 spiro atoms. The number of nitrogens with one attached hydrogen (secondary N) is 1. The summed E-state index contributed by atoms with van der Waals surface area (Å²) in [7, 11) is -3.84. The first-order valence-electron chi connectivity index (χ1n) is 8.10. The number of phenols is 1. The average Bonchev–Trinajstić information content (AvgIpc) is 3.17. The van der Waals surface area contributed by atoms with Crippen LogP contribution in [0.3, 0.4) is 0 Å². The van der Waals surface area contributed by atoms with E-state index in [0.29, 0.717) is 25.3 Å². The molecule has 29 heavy (non-hydrogen) atoms. The molecule has 0 saturated carbocycles. The molecular formula is C17H14Br2ClN3O4S2. The zero-order valence-corrected chi connectivity index (χ0v) is 20.1. The summed E-state index contributed by atoms with van der Waals surface area (Å²) in [6.07, 6.45) is 1.39. The lowest BCUT2D eigenvalue weighted by molar-refractivity contribution is -0.122. The van der Waals surface area contributed by atoms with Crippen molar-refractivity contribution in [3.63, 3.8) is 0 Å². The maximum Gasteiger partial charge on any atom is 0.268 e. The summed E-state index contributed by atoms with van der Waals surface area (Å²) < 4.78 is 27.8. The van der Waals surface area contributed by atoms with Crippen molar-refractivity contribution >= 4 is 77.4 Å². The fourth-order valence-corrected chi connectivity index (χ4v) is 6.95. The molecule has 0 aromatic heterocycles. The standard InChI is InChI=1S/C17H14Br2ClN3O4S2/c18-13-7-10(8-14(19)15(13)24)9-21-22-16(25)17-23(5-6-28-17)29(26,27)12-3-1-11(20)2-4-12/h1-4,7-9,17,24H,5-6H2,(H,22,25). The van der Waals surface area contributed by atoms with Crippen molar-refractivity contribution in [1.29, 1.82) is 0 Å². The van der Waals surface area contributed by atoms with Crippen molar-refractivity contribution < 1.29 is 18.3 Å². The number of hydrogen-bond donors (Lipinski definition) is 2. The number of sulfonamides is 1. The van der Waals surface area contributed by atoms with Crippen molar-refractivity contribution in [3.05, 3.63) is 55.9 Å². The van der Waals surface area contributed by atoms with E-state index >= 15 is 0 Å². The second-order valence-electron chi connectivity index (χ2n) is 5.86. The highest BCUT2D eigenvalue weighted by atomic mass is 79.9. The van der Waals surface area contributed by atoms with Gasteiger partial charge in [-0.1, -0.05) is 11.6 Å². The average molecular weight is 584 g/mol. The third-order valence-electron chi connectivity index (χ3n) is 3.92. The Morgan fingerprint density at radius 1 is 1.28 bits per heavy atom. The van der Waals surface area contributed by atoms with E-state index in [1.54, 1.807) is 12.1 Å². The van der Waals surface area contributed by atoms with Gasteiger partial charge in [-0.15, -0.1) is 11.8 Å². The van der Waals surface area contributed by atoms with Gasteiger partial charge in [0.2, 0.25) is 10.0 Å². The van der Waals surface area contributed by atoms with Crippen LogP contribution in [0.15, 0.2) is 55.3 Å². The van der Waals surface area contributed by atoms with Gasteiger partial charge in [0.05, 0.1) is 20.1 Å².